The fourth-order valence-corrected chi connectivity index (χ4v) is 0.897. The smallest absolute Gasteiger partial charge is 0.315 e. The molecule has 0 spiro atoms. The number of rotatable bonds is 2. The molecule has 1 aromatic rings. The van der Waals surface area contributed by atoms with E-state index >= 15 is 0 Å². The zero-order chi connectivity index (χ0) is 9.68. The van der Waals surface area contributed by atoms with Crippen LogP contribution in [0.3, 0.4) is 0 Å². The summed E-state index contributed by atoms with van der Waals surface area (Å²) in [7, 11) is 0. The molecule has 1 rings (SSSR count). The van der Waals surface area contributed by atoms with Crippen LogP contribution in [0.2, 0.25) is 0 Å². The third-order valence-corrected chi connectivity index (χ3v) is 1.54. The van der Waals surface area contributed by atoms with Gasteiger partial charge in [-0.2, -0.15) is 0 Å². The number of anilines is 1. The Hall–Kier alpha value is -1.77. The molecule has 3 nitrogen and oxygen atoms in total. The van der Waals surface area contributed by atoms with Crippen LogP contribution in [0.15, 0.2) is 37.0 Å². The summed E-state index contributed by atoms with van der Waals surface area (Å²) in [6.45, 7) is 5.38. The van der Waals surface area contributed by atoms with Crippen molar-refractivity contribution in [3.8, 4) is 0 Å². The number of benzene rings is 1. The van der Waals surface area contributed by atoms with Crippen LogP contribution in [0, 0.1) is 6.92 Å². The van der Waals surface area contributed by atoms with Crippen LogP contribution in [-0.2, 0) is 0 Å². The maximum atomic E-state index is 11.0. The van der Waals surface area contributed by atoms with Crippen molar-refractivity contribution >= 4 is 11.7 Å². The molecule has 0 heterocycles. The van der Waals surface area contributed by atoms with E-state index in [4.69, 9.17) is 0 Å². The molecule has 68 valence electrons. The van der Waals surface area contributed by atoms with Crippen molar-refractivity contribution in [2.24, 2.45) is 0 Å². The zero-order valence-corrected chi connectivity index (χ0v) is 7.50. The van der Waals surface area contributed by atoms with Gasteiger partial charge < -0.3 is 10.6 Å². The number of nitrogens with one attached hydrogen (secondary N) is 2. The molecule has 0 unspecified atom stereocenters. The van der Waals surface area contributed by atoms with Crippen LogP contribution in [0.5, 0.6) is 0 Å². The Morgan fingerprint density at radius 1 is 1.38 bits per heavy atom. The number of amides is 2. The highest BCUT2D eigenvalue weighted by molar-refractivity contribution is 5.89. The minimum Gasteiger partial charge on any atom is -0.315 e. The minimum absolute atomic E-state index is 0.279. The lowest BCUT2D eigenvalue weighted by molar-refractivity contribution is 0.255. The van der Waals surface area contributed by atoms with Crippen molar-refractivity contribution in [2.75, 3.05) is 5.32 Å². The highest BCUT2D eigenvalue weighted by Gasteiger charge is 1.96. The molecular weight excluding hydrogens is 164 g/mol. The van der Waals surface area contributed by atoms with Crippen LogP contribution in [0.1, 0.15) is 5.56 Å². The van der Waals surface area contributed by atoms with Gasteiger partial charge in [0.25, 0.3) is 0 Å². The van der Waals surface area contributed by atoms with Gasteiger partial charge in [-0.3, -0.25) is 0 Å². The fraction of sp³-hybridized carbons (Fsp3) is 0.100. The normalized spacial score (nSPS) is 9.00. The van der Waals surface area contributed by atoms with E-state index in [-0.39, 0.29) is 6.03 Å². The molecule has 3 heteroatoms. The van der Waals surface area contributed by atoms with E-state index in [1.807, 2.05) is 31.2 Å². The summed E-state index contributed by atoms with van der Waals surface area (Å²) in [5, 5.41) is 5.07. The lowest BCUT2D eigenvalue weighted by Crippen LogP contribution is -2.23. The van der Waals surface area contributed by atoms with Crippen molar-refractivity contribution in [3.63, 3.8) is 0 Å². The highest BCUT2D eigenvalue weighted by atomic mass is 16.2. The fourth-order valence-electron chi connectivity index (χ4n) is 0.897. The Labute approximate surface area is 77.5 Å². The summed E-state index contributed by atoms with van der Waals surface area (Å²) < 4.78 is 0. The number of hydrogen-bond donors (Lipinski definition) is 2. The molecule has 2 N–H and O–H groups in total. The molecule has 0 aromatic heterocycles. The van der Waals surface area contributed by atoms with Gasteiger partial charge in [0.1, 0.15) is 0 Å². The van der Waals surface area contributed by atoms with Gasteiger partial charge in [0.05, 0.1) is 0 Å². The molecule has 0 saturated carbocycles. The number of hydrogen-bond acceptors (Lipinski definition) is 1. The summed E-state index contributed by atoms with van der Waals surface area (Å²) in [5.41, 5.74) is 1.93. The SMILES string of the molecule is C=CNC(=O)Nc1ccc(C)cc1. The maximum absolute atomic E-state index is 11.0. The predicted octanol–water partition coefficient (Wildman–Crippen LogP) is 2.26. The number of carbonyl (C=O) groups is 1. The second-order valence-corrected chi connectivity index (χ2v) is 2.67. The van der Waals surface area contributed by atoms with E-state index in [1.54, 1.807) is 0 Å². The zero-order valence-electron chi connectivity index (χ0n) is 7.50. The van der Waals surface area contributed by atoms with E-state index in [0.29, 0.717) is 0 Å². The van der Waals surface area contributed by atoms with Gasteiger partial charge in [-0.25, -0.2) is 4.79 Å². The van der Waals surface area contributed by atoms with E-state index in [2.05, 4.69) is 17.2 Å². The van der Waals surface area contributed by atoms with E-state index < -0.39 is 0 Å². The van der Waals surface area contributed by atoms with Crippen LogP contribution < -0.4 is 10.6 Å². The first-order valence-corrected chi connectivity index (χ1v) is 3.97. The van der Waals surface area contributed by atoms with Crippen LogP contribution in [-0.4, -0.2) is 6.03 Å². The average Bonchev–Trinajstić information content (AvgIpc) is 2.09. The Kier molecular flexibility index (Phi) is 3.09. The molecule has 2 amide bonds. The number of urea groups is 1. The first-order valence-electron chi connectivity index (χ1n) is 3.97. The van der Waals surface area contributed by atoms with Crippen molar-refractivity contribution in [1.82, 2.24) is 5.32 Å². The lowest BCUT2D eigenvalue weighted by Gasteiger charge is -2.03. The molecule has 0 saturated heterocycles. The molecule has 0 aliphatic rings. The van der Waals surface area contributed by atoms with Gasteiger partial charge in [-0.1, -0.05) is 24.3 Å². The van der Waals surface area contributed by atoms with Gasteiger partial charge in [-0.15, -0.1) is 0 Å². The standard InChI is InChI=1S/C10H12N2O/c1-3-11-10(13)12-9-6-4-8(2)5-7-9/h3-7H,1H2,2H3,(H2,11,12,13). The molecule has 1 aromatic carbocycles. The van der Waals surface area contributed by atoms with Crippen molar-refractivity contribution < 1.29 is 4.79 Å². The third-order valence-electron chi connectivity index (χ3n) is 1.54. The molecule has 0 radical (unpaired) electrons. The van der Waals surface area contributed by atoms with Crippen LogP contribution in [0.4, 0.5) is 10.5 Å². The topological polar surface area (TPSA) is 41.1 Å². The summed E-state index contributed by atoms with van der Waals surface area (Å²) >= 11 is 0. The van der Waals surface area contributed by atoms with Gasteiger partial charge in [0.15, 0.2) is 0 Å². The van der Waals surface area contributed by atoms with Gasteiger partial charge in [0.2, 0.25) is 0 Å². The highest BCUT2D eigenvalue weighted by Crippen LogP contribution is 2.07. The first-order chi connectivity index (χ1) is 6.22. The average molecular weight is 176 g/mol. The van der Waals surface area contributed by atoms with Crippen molar-refractivity contribution in [2.45, 2.75) is 6.92 Å². The van der Waals surface area contributed by atoms with Gasteiger partial charge in [0, 0.05) is 5.69 Å². The maximum Gasteiger partial charge on any atom is 0.323 e. The summed E-state index contributed by atoms with van der Waals surface area (Å²) in [5.74, 6) is 0. The molecule has 0 aliphatic heterocycles. The second-order valence-electron chi connectivity index (χ2n) is 2.67. The molecule has 0 atom stereocenters. The van der Waals surface area contributed by atoms with E-state index in [0.717, 1.165) is 11.3 Å². The number of aryl methyl sites for hydroxylation is 1. The van der Waals surface area contributed by atoms with E-state index in [1.165, 1.54) is 6.20 Å². The Balaban J connectivity index is 2.59. The Morgan fingerprint density at radius 2 is 2.00 bits per heavy atom. The summed E-state index contributed by atoms with van der Waals surface area (Å²) in [6, 6.07) is 7.28. The minimum atomic E-state index is -0.279. The third kappa shape index (κ3) is 2.99. The van der Waals surface area contributed by atoms with Crippen LogP contribution in [0.25, 0.3) is 0 Å². The second kappa shape index (κ2) is 4.30. The van der Waals surface area contributed by atoms with Crippen LogP contribution >= 0.6 is 0 Å². The lowest BCUT2D eigenvalue weighted by atomic mass is 10.2. The molecule has 0 fully saturated rings. The predicted molar refractivity (Wildman–Crippen MR) is 53.5 cm³/mol. The molecular formula is C10H12N2O. The first kappa shape index (κ1) is 9.32. The summed E-state index contributed by atoms with van der Waals surface area (Å²) in [4.78, 5) is 11.0. The van der Waals surface area contributed by atoms with E-state index in [9.17, 15) is 4.79 Å². The Morgan fingerprint density at radius 3 is 2.54 bits per heavy atom. The number of carbonyl (C=O) groups excluding carboxylic acids is 1. The molecule has 0 aliphatic carbocycles. The quantitative estimate of drug-likeness (QED) is 0.713. The molecule has 0 bridgehead atoms. The Bertz CT molecular complexity index is 303. The van der Waals surface area contributed by atoms with Crippen molar-refractivity contribution in [1.29, 1.82) is 0 Å². The summed E-state index contributed by atoms with van der Waals surface area (Å²) in [6.07, 6.45) is 1.34. The molecule has 13 heavy (non-hydrogen) atoms. The largest absolute Gasteiger partial charge is 0.323 e. The van der Waals surface area contributed by atoms with Crippen molar-refractivity contribution in [3.05, 3.63) is 42.6 Å². The van der Waals surface area contributed by atoms with Gasteiger partial charge in [-0.05, 0) is 25.3 Å². The monoisotopic (exact) mass is 176 g/mol. The van der Waals surface area contributed by atoms with Gasteiger partial charge >= 0.3 is 6.03 Å².